The van der Waals surface area contributed by atoms with Crippen molar-refractivity contribution in [3.05, 3.63) is 29.1 Å². The largest absolute Gasteiger partial charge is 0.219 e. The Morgan fingerprint density at radius 1 is 0.778 bits per heavy atom. The summed E-state index contributed by atoms with van der Waals surface area (Å²) in [4.78, 5) is 6.67. The van der Waals surface area contributed by atoms with Crippen LogP contribution in [-0.2, 0) is 0 Å². The standard InChI is InChI=1S/C11H9F5N2/c1-11(2,3)18-4-17-10-8(15)6(13)5(12)7(14)9(10)16/h1-3H3. The molecule has 1 aromatic carbocycles. The Morgan fingerprint density at radius 2 is 1.17 bits per heavy atom. The van der Waals surface area contributed by atoms with E-state index in [2.05, 4.69) is 9.98 Å². The van der Waals surface area contributed by atoms with Crippen molar-refractivity contribution in [3.8, 4) is 0 Å². The molecule has 0 fully saturated rings. The smallest absolute Gasteiger partial charge is 0.200 e. The third-order valence-electron chi connectivity index (χ3n) is 1.73. The summed E-state index contributed by atoms with van der Waals surface area (Å²) in [5.41, 5.74) is -1.94. The fourth-order valence-corrected chi connectivity index (χ4v) is 0.916. The van der Waals surface area contributed by atoms with Crippen molar-refractivity contribution < 1.29 is 22.0 Å². The van der Waals surface area contributed by atoms with Crippen LogP contribution in [0.25, 0.3) is 0 Å². The van der Waals surface area contributed by atoms with Crippen molar-refractivity contribution in [2.24, 2.45) is 9.98 Å². The van der Waals surface area contributed by atoms with E-state index in [1.807, 2.05) is 6.01 Å². The van der Waals surface area contributed by atoms with Gasteiger partial charge in [-0.2, -0.15) is 4.99 Å². The van der Waals surface area contributed by atoms with Gasteiger partial charge in [-0.1, -0.05) is 0 Å². The summed E-state index contributed by atoms with van der Waals surface area (Å²) in [5, 5.41) is 0. The van der Waals surface area contributed by atoms with Gasteiger partial charge in [-0.15, -0.1) is 0 Å². The Hall–Kier alpha value is -1.75. The van der Waals surface area contributed by atoms with Crippen LogP contribution in [0.1, 0.15) is 20.8 Å². The van der Waals surface area contributed by atoms with E-state index in [9.17, 15) is 22.0 Å². The van der Waals surface area contributed by atoms with E-state index < -0.39 is 40.3 Å². The highest BCUT2D eigenvalue weighted by Gasteiger charge is 2.25. The summed E-state index contributed by atoms with van der Waals surface area (Å²) in [6.45, 7) is 4.94. The maximum absolute atomic E-state index is 13.1. The van der Waals surface area contributed by atoms with E-state index in [1.165, 1.54) is 0 Å². The van der Waals surface area contributed by atoms with E-state index in [4.69, 9.17) is 0 Å². The summed E-state index contributed by atoms with van der Waals surface area (Å²) in [7, 11) is 0. The van der Waals surface area contributed by atoms with Gasteiger partial charge in [0.2, 0.25) is 5.82 Å². The Labute approximate surface area is 99.9 Å². The Balaban J connectivity index is 3.40. The van der Waals surface area contributed by atoms with Crippen molar-refractivity contribution in [3.63, 3.8) is 0 Å². The molecule has 1 rings (SSSR count). The third-order valence-corrected chi connectivity index (χ3v) is 1.73. The molecular weight excluding hydrogens is 255 g/mol. The first-order valence-corrected chi connectivity index (χ1v) is 4.84. The molecule has 0 heterocycles. The fourth-order valence-electron chi connectivity index (χ4n) is 0.916. The predicted molar refractivity (Wildman–Crippen MR) is 55.5 cm³/mol. The van der Waals surface area contributed by atoms with Crippen molar-refractivity contribution in [1.29, 1.82) is 0 Å². The van der Waals surface area contributed by atoms with Gasteiger partial charge in [0.25, 0.3) is 0 Å². The number of hydrogen-bond donors (Lipinski definition) is 0. The average molecular weight is 264 g/mol. The second kappa shape index (κ2) is 4.86. The van der Waals surface area contributed by atoms with Crippen LogP contribution in [0, 0.1) is 29.1 Å². The monoisotopic (exact) mass is 264 g/mol. The van der Waals surface area contributed by atoms with Gasteiger partial charge >= 0.3 is 0 Å². The van der Waals surface area contributed by atoms with E-state index in [0.717, 1.165) is 0 Å². The summed E-state index contributed by atoms with van der Waals surface area (Å²) in [5.74, 6) is -10.3. The molecule has 0 aliphatic heterocycles. The van der Waals surface area contributed by atoms with Crippen molar-refractivity contribution in [2.45, 2.75) is 26.3 Å². The first-order valence-electron chi connectivity index (χ1n) is 4.84. The zero-order valence-corrected chi connectivity index (χ0v) is 9.78. The van der Waals surface area contributed by atoms with Crippen LogP contribution in [0.4, 0.5) is 27.6 Å². The Bertz CT molecular complexity index is 510. The minimum atomic E-state index is -2.23. The lowest BCUT2D eigenvalue weighted by molar-refractivity contribution is 0.381. The molecule has 0 unspecified atom stereocenters. The highest BCUT2D eigenvalue weighted by Crippen LogP contribution is 2.28. The summed E-state index contributed by atoms with van der Waals surface area (Å²) in [6, 6.07) is 1.91. The van der Waals surface area contributed by atoms with E-state index >= 15 is 0 Å². The lowest BCUT2D eigenvalue weighted by Gasteiger charge is -2.07. The summed E-state index contributed by atoms with van der Waals surface area (Å²) in [6.07, 6.45) is 0. The molecule has 0 N–H and O–H groups in total. The van der Waals surface area contributed by atoms with Gasteiger partial charge in [0.15, 0.2) is 29.0 Å². The number of rotatable bonds is 1. The van der Waals surface area contributed by atoms with Gasteiger partial charge in [-0.25, -0.2) is 26.9 Å². The van der Waals surface area contributed by atoms with Crippen molar-refractivity contribution in [1.82, 2.24) is 0 Å². The lowest BCUT2D eigenvalue weighted by atomic mass is 10.1. The first-order chi connectivity index (χ1) is 8.15. The Morgan fingerprint density at radius 3 is 1.56 bits per heavy atom. The third kappa shape index (κ3) is 2.92. The maximum Gasteiger partial charge on any atom is 0.200 e. The SMILES string of the molecule is CC(C)(C)N=C=Nc1c(F)c(F)c(F)c(F)c1F. The molecular formula is C11H9F5N2. The first kappa shape index (κ1) is 14.3. The van der Waals surface area contributed by atoms with Crippen LogP contribution < -0.4 is 0 Å². The summed E-state index contributed by atoms with van der Waals surface area (Å²) >= 11 is 0. The van der Waals surface area contributed by atoms with Crippen LogP contribution in [-0.4, -0.2) is 11.5 Å². The van der Waals surface area contributed by atoms with Crippen LogP contribution in [0.5, 0.6) is 0 Å². The molecule has 0 saturated carbocycles. The minimum absolute atomic E-state index is 0.631. The molecule has 7 heteroatoms. The molecule has 0 spiro atoms. The molecule has 0 aliphatic rings. The molecule has 0 bridgehead atoms. The molecule has 18 heavy (non-hydrogen) atoms. The highest BCUT2D eigenvalue weighted by atomic mass is 19.2. The van der Waals surface area contributed by atoms with Gasteiger partial charge in [0.05, 0.1) is 11.5 Å². The second-order valence-corrected chi connectivity index (χ2v) is 4.41. The van der Waals surface area contributed by atoms with E-state index in [0.29, 0.717) is 0 Å². The Kier molecular flexibility index (Phi) is 3.86. The second-order valence-electron chi connectivity index (χ2n) is 4.41. The van der Waals surface area contributed by atoms with Crippen molar-refractivity contribution in [2.75, 3.05) is 0 Å². The predicted octanol–water partition coefficient (Wildman–Crippen LogP) is 3.99. The average Bonchev–Trinajstić information content (AvgIpc) is 2.27. The molecule has 98 valence electrons. The quantitative estimate of drug-likeness (QED) is 0.317. The number of benzene rings is 1. The molecule has 1 aromatic rings. The van der Waals surface area contributed by atoms with Gasteiger partial charge < -0.3 is 0 Å². The molecule has 2 nitrogen and oxygen atoms in total. The van der Waals surface area contributed by atoms with Gasteiger partial charge in [-0.3, -0.25) is 0 Å². The van der Waals surface area contributed by atoms with Crippen LogP contribution in [0.2, 0.25) is 0 Å². The maximum atomic E-state index is 13.1. The zero-order chi connectivity index (χ0) is 14.1. The van der Waals surface area contributed by atoms with Gasteiger partial charge in [0.1, 0.15) is 0 Å². The van der Waals surface area contributed by atoms with Crippen molar-refractivity contribution >= 4 is 11.7 Å². The molecule has 0 atom stereocenters. The molecule has 0 aliphatic carbocycles. The van der Waals surface area contributed by atoms with Crippen LogP contribution in [0.15, 0.2) is 9.98 Å². The van der Waals surface area contributed by atoms with E-state index in [-0.39, 0.29) is 0 Å². The normalized spacial score (nSPS) is 11.1. The van der Waals surface area contributed by atoms with Gasteiger partial charge in [-0.05, 0) is 20.8 Å². The molecule has 0 amide bonds. The number of nitrogens with zero attached hydrogens (tertiary/aromatic N) is 2. The zero-order valence-electron chi connectivity index (χ0n) is 9.78. The van der Waals surface area contributed by atoms with Gasteiger partial charge in [0, 0.05) is 0 Å². The van der Waals surface area contributed by atoms with Crippen LogP contribution in [0.3, 0.4) is 0 Å². The number of aliphatic imine (C=N–C) groups is 2. The van der Waals surface area contributed by atoms with E-state index in [1.54, 1.807) is 20.8 Å². The molecule has 0 aromatic heterocycles. The molecule has 0 saturated heterocycles. The molecule has 0 radical (unpaired) electrons. The number of hydrogen-bond acceptors (Lipinski definition) is 2. The highest BCUT2D eigenvalue weighted by molar-refractivity contribution is 5.54. The topological polar surface area (TPSA) is 24.7 Å². The minimum Gasteiger partial charge on any atom is -0.219 e. The summed E-state index contributed by atoms with van der Waals surface area (Å²) < 4.78 is 64.5. The number of halogens is 5. The lowest BCUT2D eigenvalue weighted by Crippen LogP contribution is -2.08. The fraction of sp³-hybridized carbons (Fsp3) is 0.364. The van der Waals surface area contributed by atoms with Crippen LogP contribution >= 0.6 is 0 Å².